The number of Topliss-reactive ketones (excluding diaryl/α,β-unsaturated/α-hetero) is 1. The molecule has 0 saturated heterocycles. The molecule has 1 nitrogen and oxygen atoms in total. The molecule has 26 heavy (non-hydrogen) atoms. The minimum absolute atomic E-state index is 0.469. The number of hydrogen-bond donors (Lipinski definition) is 0. The maximum absolute atomic E-state index is 12.2. The van der Waals surface area contributed by atoms with Gasteiger partial charge in [-0.3, -0.25) is 4.79 Å². The molecular weight excluding hydrogens is 316 g/mol. The number of rotatable bonds is 4. The lowest BCUT2D eigenvalue weighted by molar-refractivity contribution is -0.120. The highest BCUT2D eigenvalue weighted by atomic mass is 16.1. The van der Waals surface area contributed by atoms with Crippen molar-refractivity contribution < 1.29 is 4.79 Å². The van der Waals surface area contributed by atoms with E-state index in [1.54, 1.807) is 0 Å². The Bertz CT molecular complexity index is 565. The molecule has 0 amide bonds. The van der Waals surface area contributed by atoms with Crippen LogP contribution in [-0.4, -0.2) is 5.78 Å². The molecule has 3 unspecified atom stereocenters. The first-order valence-electron chi connectivity index (χ1n) is 12.0. The second kappa shape index (κ2) is 7.10. The Morgan fingerprint density at radius 3 is 2.62 bits per heavy atom. The van der Waals surface area contributed by atoms with Gasteiger partial charge in [0.05, 0.1) is 0 Å². The van der Waals surface area contributed by atoms with E-state index in [1.165, 1.54) is 96.3 Å². The maximum atomic E-state index is 12.2. The van der Waals surface area contributed by atoms with Gasteiger partial charge in [0.2, 0.25) is 0 Å². The summed E-state index contributed by atoms with van der Waals surface area (Å²) < 4.78 is 0. The first-order valence-corrected chi connectivity index (χ1v) is 12.0. The van der Waals surface area contributed by atoms with Crippen LogP contribution in [0.2, 0.25) is 0 Å². The molecular formula is C25H38O. The van der Waals surface area contributed by atoms with Gasteiger partial charge in [0.15, 0.2) is 0 Å². The Morgan fingerprint density at radius 2 is 1.81 bits per heavy atom. The van der Waals surface area contributed by atoms with Crippen LogP contribution >= 0.6 is 0 Å². The van der Waals surface area contributed by atoms with E-state index in [4.69, 9.17) is 0 Å². The average Bonchev–Trinajstić information content (AvgIpc) is 3.55. The Labute approximate surface area is 160 Å². The fourth-order valence-corrected chi connectivity index (χ4v) is 7.04. The molecule has 0 N–H and O–H groups in total. The largest absolute Gasteiger partial charge is 0.299 e. The van der Waals surface area contributed by atoms with Crippen molar-refractivity contribution in [3.05, 3.63) is 11.6 Å². The van der Waals surface area contributed by atoms with E-state index in [0.717, 1.165) is 35.5 Å². The molecule has 0 aromatic carbocycles. The summed E-state index contributed by atoms with van der Waals surface area (Å²) in [6.45, 7) is 0. The fraction of sp³-hybridized carbons (Fsp3) is 0.880. The van der Waals surface area contributed by atoms with Crippen LogP contribution in [-0.2, 0) is 4.79 Å². The van der Waals surface area contributed by atoms with E-state index >= 15 is 0 Å². The van der Waals surface area contributed by atoms with Gasteiger partial charge in [0, 0.05) is 12.3 Å². The van der Waals surface area contributed by atoms with E-state index in [0.29, 0.717) is 11.7 Å². The zero-order chi connectivity index (χ0) is 17.6. The van der Waals surface area contributed by atoms with Crippen molar-refractivity contribution in [2.45, 2.75) is 103 Å². The highest BCUT2D eigenvalue weighted by molar-refractivity contribution is 5.83. The summed E-state index contributed by atoms with van der Waals surface area (Å²) in [7, 11) is 0. The minimum Gasteiger partial charge on any atom is -0.299 e. The Hall–Kier alpha value is -0.590. The van der Waals surface area contributed by atoms with Crippen molar-refractivity contribution in [2.24, 2.45) is 35.0 Å². The normalized spacial score (nSPS) is 39.0. The molecule has 1 heteroatoms. The van der Waals surface area contributed by atoms with Gasteiger partial charge in [-0.1, -0.05) is 43.8 Å². The number of fused-ring (bicyclic) bond motifs is 3. The van der Waals surface area contributed by atoms with Gasteiger partial charge in [-0.25, -0.2) is 0 Å². The summed E-state index contributed by atoms with van der Waals surface area (Å²) in [5.41, 5.74) is 2.63. The molecule has 1 spiro atoms. The van der Waals surface area contributed by atoms with Crippen LogP contribution in [0, 0.1) is 35.0 Å². The second-order valence-corrected chi connectivity index (χ2v) is 10.7. The summed E-state index contributed by atoms with van der Waals surface area (Å²) in [5.74, 6) is 4.68. The van der Waals surface area contributed by atoms with Crippen molar-refractivity contribution in [1.29, 1.82) is 0 Å². The topological polar surface area (TPSA) is 17.1 Å². The summed E-state index contributed by atoms with van der Waals surface area (Å²) in [4.78, 5) is 12.2. The monoisotopic (exact) mass is 354 g/mol. The first kappa shape index (κ1) is 17.5. The first-order chi connectivity index (χ1) is 12.7. The highest BCUT2D eigenvalue weighted by Gasteiger charge is 2.47. The van der Waals surface area contributed by atoms with Gasteiger partial charge in [0.1, 0.15) is 5.78 Å². The second-order valence-electron chi connectivity index (χ2n) is 10.7. The van der Waals surface area contributed by atoms with Crippen molar-refractivity contribution in [1.82, 2.24) is 0 Å². The minimum atomic E-state index is 0.469. The van der Waals surface area contributed by atoms with Crippen molar-refractivity contribution >= 4 is 5.78 Å². The van der Waals surface area contributed by atoms with Gasteiger partial charge in [-0.05, 0) is 93.3 Å². The van der Waals surface area contributed by atoms with Crippen LogP contribution in [0.5, 0.6) is 0 Å². The van der Waals surface area contributed by atoms with Crippen LogP contribution in [0.15, 0.2) is 11.6 Å². The summed E-state index contributed by atoms with van der Waals surface area (Å²) >= 11 is 0. The van der Waals surface area contributed by atoms with Gasteiger partial charge >= 0.3 is 0 Å². The third kappa shape index (κ3) is 3.57. The van der Waals surface area contributed by atoms with E-state index < -0.39 is 0 Å². The number of ketones is 1. The summed E-state index contributed by atoms with van der Waals surface area (Å²) in [6.07, 6.45) is 24.7. The molecule has 0 aromatic heterocycles. The van der Waals surface area contributed by atoms with E-state index in [2.05, 4.69) is 6.08 Å². The summed E-state index contributed by atoms with van der Waals surface area (Å²) in [5, 5.41) is 0. The fourth-order valence-electron chi connectivity index (χ4n) is 7.04. The van der Waals surface area contributed by atoms with Crippen LogP contribution < -0.4 is 0 Å². The molecule has 5 aliphatic rings. The highest BCUT2D eigenvalue weighted by Crippen LogP contribution is 2.59. The van der Waals surface area contributed by atoms with E-state index in [9.17, 15) is 4.79 Å². The van der Waals surface area contributed by atoms with Crippen molar-refractivity contribution in [2.75, 3.05) is 0 Å². The molecule has 0 radical (unpaired) electrons. The van der Waals surface area contributed by atoms with Crippen molar-refractivity contribution in [3.63, 3.8) is 0 Å². The quantitative estimate of drug-likeness (QED) is 0.504. The Kier molecular flexibility index (Phi) is 4.78. The zero-order valence-corrected chi connectivity index (χ0v) is 16.7. The molecule has 0 bridgehead atoms. The number of carbonyl (C=O) groups excluding carboxylic acids is 1. The third-order valence-corrected chi connectivity index (χ3v) is 8.97. The van der Waals surface area contributed by atoms with Crippen LogP contribution in [0.3, 0.4) is 0 Å². The standard InChI is InChI=1S/C25H38O/c26-24(19-8-9-19)13-11-18-5-4-7-23-21-6-2-1-3-14-25(15-16-25)17-20(21)10-12-22(18)23/h10,18-19,21-23H,1-9,11-17H2/t18?,21-,22?,23?/m1/s1. The SMILES string of the molecule is O=C(CCC1CCCC2C1CC=C1CC3(CCCCC[C@H]12)CC3)C1CC1. The zero-order valence-electron chi connectivity index (χ0n) is 16.7. The molecule has 144 valence electrons. The molecule has 5 aliphatic carbocycles. The lowest BCUT2D eigenvalue weighted by Gasteiger charge is -2.46. The molecule has 0 aliphatic heterocycles. The summed E-state index contributed by atoms with van der Waals surface area (Å²) in [6, 6.07) is 0. The average molecular weight is 355 g/mol. The molecule has 0 aromatic rings. The van der Waals surface area contributed by atoms with Gasteiger partial charge < -0.3 is 0 Å². The van der Waals surface area contributed by atoms with E-state index in [1.807, 2.05) is 5.57 Å². The third-order valence-electron chi connectivity index (χ3n) is 8.97. The molecule has 5 rings (SSSR count). The van der Waals surface area contributed by atoms with Crippen LogP contribution in [0.4, 0.5) is 0 Å². The predicted molar refractivity (Wildman–Crippen MR) is 107 cm³/mol. The lowest BCUT2D eigenvalue weighted by Crippen LogP contribution is -2.37. The molecule has 4 atom stereocenters. The maximum Gasteiger partial charge on any atom is 0.135 e. The molecule has 0 heterocycles. The van der Waals surface area contributed by atoms with Crippen LogP contribution in [0.25, 0.3) is 0 Å². The van der Waals surface area contributed by atoms with Crippen LogP contribution in [0.1, 0.15) is 103 Å². The number of allylic oxidation sites excluding steroid dienone is 2. The van der Waals surface area contributed by atoms with Gasteiger partial charge in [-0.2, -0.15) is 0 Å². The number of carbonyl (C=O) groups is 1. The predicted octanol–water partition coefficient (Wildman–Crippen LogP) is 6.86. The van der Waals surface area contributed by atoms with Crippen molar-refractivity contribution in [3.8, 4) is 0 Å². The Balaban J connectivity index is 1.29. The molecule has 4 saturated carbocycles. The smallest absolute Gasteiger partial charge is 0.135 e. The van der Waals surface area contributed by atoms with Gasteiger partial charge in [-0.15, -0.1) is 0 Å². The number of hydrogen-bond acceptors (Lipinski definition) is 1. The van der Waals surface area contributed by atoms with E-state index in [-0.39, 0.29) is 0 Å². The molecule has 4 fully saturated rings. The lowest BCUT2D eigenvalue weighted by atomic mass is 9.59. The van der Waals surface area contributed by atoms with Gasteiger partial charge in [0.25, 0.3) is 0 Å². The Morgan fingerprint density at radius 1 is 0.923 bits per heavy atom.